The first-order valence-corrected chi connectivity index (χ1v) is 25.2. The van der Waals surface area contributed by atoms with Crippen LogP contribution in [-0.2, 0) is 76.6 Å². The van der Waals surface area contributed by atoms with E-state index in [0.29, 0.717) is 7.15 Å². The predicted octanol–water partition coefficient (Wildman–Crippen LogP) is -5.45. The first-order chi connectivity index (χ1) is 37.0. The van der Waals surface area contributed by atoms with Crippen molar-refractivity contribution in [3.8, 4) is 11.9 Å². The molecule has 0 aliphatic rings. The number of thiol groups is 1. The number of nitrogens with two attached hydrogens (primary N) is 3. The second-order valence-corrected chi connectivity index (χ2v) is 18.7. The van der Waals surface area contributed by atoms with E-state index >= 15 is 0 Å². The van der Waals surface area contributed by atoms with Gasteiger partial charge in [0, 0.05) is 50.4 Å². The molecule has 0 aromatic heterocycles. The van der Waals surface area contributed by atoms with Gasteiger partial charge in [0.05, 0.1) is 0 Å². The normalized spacial score (nSPS) is 12.0. The van der Waals surface area contributed by atoms with E-state index < -0.39 is 139 Å². The van der Waals surface area contributed by atoms with E-state index in [1.54, 1.807) is 26.6 Å². The van der Waals surface area contributed by atoms with Gasteiger partial charge in [-0.25, -0.2) is 9.59 Å². The summed E-state index contributed by atoms with van der Waals surface area (Å²) in [5, 5.41) is 74.2. The summed E-state index contributed by atoms with van der Waals surface area (Å²) in [5.74, 6) is -10.2. The van der Waals surface area contributed by atoms with Crippen LogP contribution >= 0.6 is 36.2 Å². The Hall–Kier alpha value is -7.60. The van der Waals surface area contributed by atoms with E-state index in [2.05, 4.69) is 55.6 Å². The summed E-state index contributed by atoms with van der Waals surface area (Å²) in [6.45, 7) is 5.49. The number of carbonyl (C=O) groups excluding carboxylic acids is 9. The van der Waals surface area contributed by atoms with Gasteiger partial charge in [-0.1, -0.05) is 23.5 Å². The van der Waals surface area contributed by atoms with Crippen molar-refractivity contribution in [1.82, 2.24) is 37.2 Å². The molecular weight excluding hydrogens is 1140 g/mol. The number of ether oxygens (including phenoxy) is 1. The number of hydrogen-bond donors (Lipinski definition) is 18. The minimum absolute atomic E-state index is 0.0256. The molecule has 0 saturated heterocycles. The molecule has 34 nitrogen and oxygen atoms in total. The molecule has 452 valence electrons. The molecule has 0 heterocycles. The number of carbonyl (C=O) groups is 15. The van der Waals surface area contributed by atoms with Crippen molar-refractivity contribution in [3.63, 3.8) is 0 Å². The summed E-state index contributed by atoms with van der Waals surface area (Å²) >= 11 is 5.42. The van der Waals surface area contributed by atoms with Crippen LogP contribution < -0.4 is 54.4 Å². The van der Waals surface area contributed by atoms with Crippen LogP contribution in [0.5, 0.6) is 0 Å². The molecule has 0 spiro atoms. The summed E-state index contributed by atoms with van der Waals surface area (Å²) in [7, 11) is 1.82. The Morgan fingerprint density at radius 1 is 0.550 bits per heavy atom. The number of aliphatic carboxylic acids is 6. The van der Waals surface area contributed by atoms with E-state index in [1.165, 1.54) is 27.0 Å². The molecule has 7 amide bonds. The first kappa shape index (κ1) is 81.3. The van der Waals surface area contributed by atoms with Crippen molar-refractivity contribution in [2.45, 2.75) is 115 Å². The number of hydrogen-bond acceptors (Lipinski definition) is 24. The topological polar surface area (TPSA) is 586 Å². The molecule has 0 aliphatic heterocycles. The van der Waals surface area contributed by atoms with Crippen LogP contribution in [-0.4, -0.2) is 216 Å². The van der Waals surface area contributed by atoms with Crippen molar-refractivity contribution in [2.24, 2.45) is 17.2 Å². The summed E-state index contributed by atoms with van der Waals surface area (Å²) in [6, 6.07) is -7.07. The quantitative estimate of drug-likeness (QED) is 0.0181. The zero-order valence-corrected chi connectivity index (χ0v) is 46.6. The number of nitrogens with one attached hydrogen (secondary N) is 7. The van der Waals surface area contributed by atoms with Gasteiger partial charge in [-0.2, -0.15) is 12.6 Å². The maximum atomic E-state index is 12.1. The van der Waals surface area contributed by atoms with Crippen LogP contribution in [0.3, 0.4) is 0 Å². The number of aliphatic hydroxyl groups excluding tert-OH is 1. The Morgan fingerprint density at radius 2 is 0.875 bits per heavy atom. The van der Waals surface area contributed by atoms with Gasteiger partial charge in [0.15, 0.2) is 10.2 Å². The molecule has 0 radical (unpaired) electrons. The molecule has 0 bridgehead atoms. The summed E-state index contributed by atoms with van der Waals surface area (Å²) in [4.78, 5) is 168. The van der Waals surface area contributed by atoms with Crippen molar-refractivity contribution in [1.29, 1.82) is 0 Å². The van der Waals surface area contributed by atoms with E-state index in [9.17, 15) is 77.0 Å². The number of carboxylic acids is 6. The molecule has 0 aliphatic carbocycles. The molecule has 6 atom stereocenters. The summed E-state index contributed by atoms with van der Waals surface area (Å²) in [6.07, 6.45) is -0.786. The van der Waals surface area contributed by atoms with Crippen LogP contribution in [0.25, 0.3) is 0 Å². The maximum absolute atomic E-state index is 12.1. The van der Waals surface area contributed by atoms with Crippen LogP contribution in [0.1, 0.15) is 73.1 Å². The Kier molecular flexibility index (Phi) is 48.2. The number of amides is 7. The van der Waals surface area contributed by atoms with E-state index in [0.717, 1.165) is 23.5 Å². The predicted molar refractivity (Wildman–Crippen MR) is 284 cm³/mol. The zero-order chi connectivity index (χ0) is 63.3. The Bertz CT molecular complexity index is 2180. The molecule has 0 fully saturated rings. The standard InChI is InChI=1S/C17H27N3O9S.C12H19N3O7S.C10H17N3O6S.C2HBO2.CH5N/c1-9(21)30-8-11(14(25)18-7-13(23)24)19-12(22)6-5-10(15(26)27)20-16(28)29-17(2,3)4;1-6(16)23-5-8(11(20)14-4-10(18)19)15-9(17)3-2-7(13)12(21)22;11-5(10(18)19)1-2-7(14)13-6(4-20)9(17)12-3-8(15)16;4-2-1-3-5;1-2/h10-11H,5-8H2,1-4H3,(H,18,25)(H,19,22)(H,20,28)(H,23,24)(H,26,27);7-8H,2-5,13H2,1H3,(H,14,20)(H,15,17)(H,18,19)(H,21,22);5-6,20H,1-4,11H2,(H,12,17)(H,13,14)(H,15,16)(H,18,19);4H;2H2,1H3/t10-,11-;7-,8-;5-,6-;;/m000../s1. The van der Waals surface area contributed by atoms with Crippen LogP contribution in [0, 0.1) is 11.9 Å². The number of alkyl carbamates (subject to hydrolysis) is 1. The van der Waals surface area contributed by atoms with Crippen molar-refractivity contribution < 1.29 is 117 Å². The van der Waals surface area contributed by atoms with Gasteiger partial charge in [-0.15, -0.1) is 0 Å². The fourth-order valence-corrected chi connectivity index (χ4v) is 5.98. The molecule has 0 rings (SSSR count). The van der Waals surface area contributed by atoms with Gasteiger partial charge in [0.2, 0.25) is 35.4 Å². The minimum atomic E-state index is -1.41. The third-order valence-electron chi connectivity index (χ3n) is 8.06. The summed E-state index contributed by atoms with van der Waals surface area (Å²) in [5.41, 5.74) is 14.2. The molecular formula is C42H69BN10O24S3. The van der Waals surface area contributed by atoms with Gasteiger partial charge in [-0.05, 0) is 47.1 Å². The average molecular weight is 1210 g/mol. The van der Waals surface area contributed by atoms with Crippen LogP contribution in [0.15, 0.2) is 0 Å². The fourth-order valence-electron chi connectivity index (χ4n) is 4.45. The molecule has 0 aromatic rings. The van der Waals surface area contributed by atoms with E-state index in [4.69, 9.17) is 51.5 Å². The van der Waals surface area contributed by atoms with Crippen molar-refractivity contribution in [2.75, 3.05) is 43.9 Å². The van der Waals surface area contributed by atoms with Gasteiger partial charge >= 0.3 is 70.8 Å². The average Bonchev–Trinajstić information content (AvgIpc) is 3.35. The Balaban J connectivity index is -0.000000337. The third kappa shape index (κ3) is 51.2. The van der Waals surface area contributed by atoms with Crippen molar-refractivity contribution >= 4 is 131 Å². The van der Waals surface area contributed by atoms with E-state index in [-0.39, 0.29) is 66.0 Å². The monoisotopic (exact) mass is 1200 g/mol. The SMILES string of the molecule is CC(=O)SC[C@H](NC(=O)CC[C@H](N)C(=O)O)C(=O)NCC(=O)O.CC(=O)SC[C@H](NC(=O)CC[C@H](NC(=O)OC(C)(C)C)C(=O)O)C(=O)NCC(=O)O.CN.N[C@@H](CCC(=O)N[C@@H](CS)C(=O)NCC(=O)O)C(=O)O.O=BC#CO. The molecule has 20 N–H and O–H groups in total. The van der Waals surface area contributed by atoms with Gasteiger partial charge in [0.1, 0.15) is 61.5 Å². The Labute approximate surface area is 471 Å². The zero-order valence-electron chi connectivity index (χ0n) is 44.1. The molecule has 38 heteroatoms. The van der Waals surface area contributed by atoms with Gasteiger partial charge in [0.25, 0.3) is 0 Å². The molecule has 0 unspecified atom stereocenters. The summed E-state index contributed by atoms with van der Waals surface area (Å²) < 4.78 is 14.0. The number of thioether (sulfide) groups is 2. The number of carboxylic acid groups (broad SMARTS) is 6. The number of rotatable bonds is 30. The Morgan fingerprint density at radius 3 is 1.12 bits per heavy atom. The van der Waals surface area contributed by atoms with E-state index in [1.807, 2.05) is 0 Å². The van der Waals surface area contributed by atoms with Crippen LogP contribution in [0.4, 0.5) is 4.79 Å². The fraction of sp³-hybridized carbons (Fsp3) is 0.595. The third-order valence-corrected chi connectivity index (χ3v) is 10.2. The number of aliphatic hydroxyl groups is 1. The van der Waals surface area contributed by atoms with Gasteiger partial charge < -0.3 is 89.8 Å². The van der Waals surface area contributed by atoms with Gasteiger partial charge in [-0.3, -0.25) is 62.3 Å². The molecule has 80 heavy (non-hydrogen) atoms. The van der Waals surface area contributed by atoms with Crippen LogP contribution in [0.2, 0.25) is 0 Å². The first-order valence-electron chi connectivity index (χ1n) is 22.6. The second kappa shape index (κ2) is 47.4. The molecule has 0 saturated carbocycles. The molecule has 0 aromatic carbocycles. The van der Waals surface area contributed by atoms with Crippen molar-refractivity contribution in [3.05, 3.63) is 0 Å². The second-order valence-electron chi connectivity index (χ2n) is 15.9.